The molecule has 1 saturated carbocycles. The van der Waals surface area contributed by atoms with Crippen molar-refractivity contribution < 1.29 is 9.47 Å². The summed E-state index contributed by atoms with van der Waals surface area (Å²) in [6, 6.07) is 2.63. The van der Waals surface area contributed by atoms with Gasteiger partial charge in [0, 0.05) is 29.3 Å². The van der Waals surface area contributed by atoms with E-state index in [-0.39, 0.29) is 0 Å². The van der Waals surface area contributed by atoms with Crippen molar-refractivity contribution in [1.82, 2.24) is 4.90 Å². The first-order valence-corrected chi connectivity index (χ1v) is 8.86. The molecule has 4 unspecified atom stereocenters. The molecule has 3 aliphatic rings. The number of nitrogens with two attached hydrogens (primary N) is 1. The fraction of sp³-hybridized carbons (Fsp3) is 0.684. The summed E-state index contributed by atoms with van der Waals surface area (Å²) in [6.07, 6.45) is 4.98. The highest BCUT2D eigenvalue weighted by Gasteiger charge is 2.43. The van der Waals surface area contributed by atoms with Crippen LogP contribution in [-0.4, -0.2) is 39.3 Å². The summed E-state index contributed by atoms with van der Waals surface area (Å²) in [5.74, 6) is 4.11. The van der Waals surface area contributed by atoms with Gasteiger partial charge in [-0.15, -0.1) is 0 Å². The summed E-state index contributed by atoms with van der Waals surface area (Å²) in [7, 11) is 5.83. The molecule has 2 N–H and O–H groups in total. The van der Waals surface area contributed by atoms with E-state index in [9.17, 15) is 0 Å². The van der Waals surface area contributed by atoms with Gasteiger partial charge >= 0.3 is 0 Å². The predicted octanol–water partition coefficient (Wildman–Crippen LogP) is 3.02. The lowest BCUT2D eigenvalue weighted by molar-refractivity contribution is 0.300. The van der Waals surface area contributed by atoms with Gasteiger partial charge in [-0.1, -0.05) is 0 Å². The van der Waals surface area contributed by atoms with E-state index in [0.29, 0.717) is 23.8 Å². The van der Waals surface area contributed by atoms with Crippen LogP contribution in [0.15, 0.2) is 6.07 Å². The lowest BCUT2D eigenvalue weighted by Gasteiger charge is -2.28. The van der Waals surface area contributed by atoms with Gasteiger partial charge < -0.3 is 15.2 Å². The van der Waals surface area contributed by atoms with E-state index in [1.807, 2.05) is 7.11 Å². The molecule has 1 aromatic rings. The zero-order chi connectivity index (χ0) is 16.1. The molecule has 2 bridgehead atoms. The Bertz CT molecular complexity index is 616. The number of rotatable bonds is 4. The van der Waals surface area contributed by atoms with Gasteiger partial charge in [0.2, 0.25) is 0 Å². The van der Waals surface area contributed by atoms with Crippen LogP contribution in [0.3, 0.4) is 0 Å². The average molecular weight is 316 g/mol. The molecule has 1 aliphatic heterocycles. The van der Waals surface area contributed by atoms with E-state index in [1.165, 1.54) is 36.0 Å². The van der Waals surface area contributed by atoms with E-state index in [4.69, 9.17) is 15.2 Å². The maximum absolute atomic E-state index is 5.96. The van der Waals surface area contributed by atoms with E-state index in [2.05, 4.69) is 18.0 Å². The molecule has 126 valence electrons. The highest BCUT2D eigenvalue weighted by atomic mass is 16.5. The highest BCUT2D eigenvalue weighted by Crippen LogP contribution is 2.60. The minimum absolute atomic E-state index is 0.386. The largest absolute Gasteiger partial charge is 0.496 e. The molecule has 4 nitrogen and oxygen atoms in total. The van der Waals surface area contributed by atoms with Crippen LogP contribution in [0.5, 0.6) is 11.5 Å². The van der Waals surface area contributed by atoms with Crippen LogP contribution in [0.1, 0.15) is 60.3 Å². The summed E-state index contributed by atoms with van der Waals surface area (Å²) >= 11 is 0. The van der Waals surface area contributed by atoms with Crippen LogP contribution < -0.4 is 15.2 Å². The second-order valence-electron chi connectivity index (χ2n) is 7.53. The fourth-order valence-corrected chi connectivity index (χ4v) is 5.31. The third-order valence-corrected chi connectivity index (χ3v) is 6.35. The lowest BCUT2D eigenvalue weighted by atomic mass is 9.86. The van der Waals surface area contributed by atoms with Crippen LogP contribution in [-0.2, 0) is 0 Å². The standard InChI is InChI=1S/C19H28N2O2/c1-21-10-11(9-20)6-15(21)14-8-16(22-2)17-12-4-5-13(7-12)18(17)19(14)23-3/h8,11-13,15H,4-7,9-10,20H2,1-3H3. The van der Waals surface area contributed by atoms with Crippen molar-refractivity contribution in [3.05, 3.63) is 22.8 Å². The lowest BCUT2D eigenvalue weighted by Crippen LogP contribution is -2.21. The summed E-state index contributed by atoms with van der Waals surface area (Å²) < 4.78 is 11.8. The van der Waals surface area contributed by atoms with Crippen LogP contribution in [0.25, 0.3) is 0 Å². The second kappa shape index (κ2) is 5.67. The van der Waals surface area contributed by atoms with Crippen molar-refractivity contribution in [2.45, 2.75) is 43.6 Å². The number of fused-ring (bicyclic) bond motifs is 5. The highest BCUT2D eigenvalue weighted by molar-refractivity contribution is 5.61. The van der Waals surface area contributed by atoms with Crippen LogP contribution in [0, 0.1) is 5.92 Å². The molecule has 23 heavy (non-hydrogen) atoms. The minimum atomic E-state index is 0.386. The number of hydrogen-bond donors (Lipinski definition) is 1. The maximum atomic E-state index is 5.96. The topological polar surface area (TPSA) is 47.7 Å². The Morgan fingerprint density at radius 3 is 2.48 bits per heavy atom. The molecule has 0 radical (unpaired) electrons. The molecule has 1 aromatic carbocycles. The number of benzene rings is 1. The Labute approximate surface area is 138 Å². The van der Waals surface area contributed by atoms with Gasteiger partial charge in [-0.2, -0.15) is 0 Å². The molecule has 1 saturated heterocycles. The van der Waals surface area contributed by atoms with Gasteiger partial charge in [0.1, 0.15) is 11.5 Å². The fourth-order valence-electron chi connectivity index (χ4n) is 5.31. The van der Waals surface area contributed by atoms with Crippen molar-refractivity contribution in [3.8, 4) is 11.5 Å². The number of ether oxygens (including phenoxy) is 2. The maximum Gasteiger partial charge on any atom is 0.127 e. The molecule has 0 amide bonds. The molecule has 2 aliphatic carbocycles. The van der Waals surface area contributed by atoms with Crippen LogP contribution >= 0.6 is 0 Å². The zero-order valence-corrected chi connectivity index (χ0v) is 14.5. The summed E-state index contributed by atoms with van der Waals surface area (Å²) in [5, 5.41) is 0. The Morgan fingerprint density at radius 1 is 1.13 bits per heavy atom. The minimum Gasteiger partial charge on any atom is -0.496 e. The average Bonchev–Trinajstić information content (AvgIpc) is 3.27. The van der Waals surface area contributed by atoms with Gasteiger partial charge in [-0.25, -0.2) is 0 Å². The van der Waals surface area contributed by atoms with E-state index < -0.39 is 0 Å². The Morgan fingerprint density at radius 2 is 1.87 bits per heavy atom. The second-order valence-corrected chi connectivity index (χ2v) is 7.53. The van der Waals surface area contributed by atoms with Gasteiger partial charge in [0.15, 0.2) is 0 Å². The van der Waals surface area contributed by atoms with Gasteiger partial charge in [-0.05, 0) is 63.1 Å². The molecule has 4 atom stereocenters. The summed E-state index contributed by atoms with van der Waals surface area (Å²) in [5.41, 5.74) is 10.1. The van der Waals surface area contributed by atoms with Crippen molar-refractivity contribution in [1.29, 1.82) is 0 Å². The Hall–Kier alpha value is -1.26. The molecule has 0 spiro atoms. The van der Waals surface area contributed by atoms with E-state index in [0.717, 1.165) is 31.0 Å². The smallest absolute Gasteiger partial charge is 0.127 e. The third kappa shape index (κ3) is 2.18. The van der Waals surface area contributed by atoms with Crippen LogP contribution in [0.2, 0.25) is 0 Å². The van der Waals surface area contributed by atoms with Gasteiger partial charge in [-0.3, -0.25) is 4.90 Å². The normalized spacial score (nSPS) is 32.3. The van der Waals surface area contributed by atoms with Crippen LogP contribution in [0.4, 0.5) is 0 Å². The first kappa shape index (κ1) is 15.3. The molecule has 0 aromatic heterocycles. The van der Waals surface area contributed by atoms with Crippen molar-refractivity contribution in [2.24, 2.45) is 11.7 Å². The zero-order valence-electron chi connectivity index (χ0n) is 14.5. The Kier molecular flexibility index (Phi) is 3.77. The molecular weight excluding hydrogens is 288 g/mol. The SMILES string of the molecule is COc1cc(C2CC(CN)CN2C)c(OC)c2c1C1CCC2C1. The van der Waals surface area contributed by atoms with Crippen molar-refractivity contribution in [3.63, 3.8) is 0 Å². The summed E-state index contributed by atoms with van der Waals surface area (Å²) in [4.78, 5) is 2.43. The first-order chi connectivity index (χ1) is 11.2. The first-order valence-electron chi connectivity index (χ1n) is 8.86. The predicted molar refractivity (Wildman–Crippen MR) is 91.4 cm³/mol. The molecule has 4 rings (SSSR count). The quantitative estimate of drug-likeness (QED) is 0.927. The van der Waals surface area contributed by atoms with Gasteiger partial charge in [0.05, 0.1) is 14.2 Å². The van der Waals surface area contributed by atoms with Crippen molar-refractivity contribution in [2.75, 3.05) is 34.4 Å². The number of hydrogen-bond acceptors (Lipinski definition) is 4. The molecule has 2 fully saturated rings. The monoisotopic (exact) mass is 316 g/mol. The molecule has 1 heterocycles. The number of methoxy groups -OCH3 is 2. The molecular formula is C19H28N2O2. The van der Waals surface area contributed by atoms with Crippen molar-refractivity contribution >= 4 is 0 Å². The van der Waals surface area contributed by atoms with E-state index >= 15 is 0 Å². The summed E-state index contributed by atoms with van der Waals surface area (Å²) in [6.45, 7) is 1.83. The molecule has 4 heteroatoms. The number of nitrogens with zero attached hydrogens (tertiary/aromatic N) is 1. The van der Waals surface area contributed by atoms with E-state index in [1.54, 1.807) is 7.11 Å². The third-order valence-electron chi connectivity index (χ3n) is 6.35. The Balaban J connectivity index is 1.83. The number of likely N-dealkylation sites (tertiary alicyclic amines) is 1. The van der Waals surface area contributed by atoms with Gasteiger partial charge in [0.25, 0.3) is 0 Å².